The molecular formula is C10H8FNO2. The molecule has 0 amide bonds. The minimum Gasteiger partial charge on any atom is -0.481 e. The van der Waals surface area contributed by atoms with Crippen LogP contribution in [0.1, 0.15) is 17.5 Å². The summed E-state index contributed by atoms with van der Waals surface area (Å²) in [6, 6.07) is 1.55. The molecule has 0 saturated heterocycles. The zero-order valence-corrected chi connectivity index (χ0v) is 7.54. The molecule has 72 valence electrons. The van der Waals surface area contributed by atoms with Crippen molar-refractivity contribution in [1.29, 1.82) is 0 Å². The summed E-state index contributed by atoms with van der Waals surface area (Å²) >= 11 is 0. The van der Waals surface area contributed by atoms with Crippen LogP contribution in [0.3, 0.4) is 0 Å². The molecule has 1 heterocycles. The number of carboxylic acids is 1. The van der Waals surface area contributed by atoms with E-state index < -0.39 is 11.9 Å². The molecule has 0 aromatic carbocycles. The van der Waals surface area contributed by atoms with Crippen LogP contribution in [0, 0.1) is 24.7 Å². The van der Waals surface area contributed by atoms with E-state index in [9.17, 15) is 9.18 Å². The predicted octanol–water partition coefficient (Wildman–Crippen LogP) is 1.36. The first kappa shape index (κ1) is 10.2. The lowest BCUT2D eigenvalue weighted by Gasteiger charge is -1.96. The van der Waals surface area contributed by atoms with Gasteiger partial charge in [0.25, 0.3) is 0 Å². The first-order valence-electron chi connectivity index (χ1n) is 3.93. The van der Waals surface area contributed by atoms with Crippen molar-refractivity contribution < 1.29 is 14.3 Å². The second-order valence-electron chi connectivity index (χ2n) is 2.65. The van der Waals surface area contributed by atoms with Gasteiger partial charge in [0, 0.05) is 17.3 Å². The van der Waals surface area contributed by atoms with Gasteiger partial charge in [-0.25, -0.2) is 4.98 Å². The maximum absolute atomic E-state index is 12.9. The summed E-state index contributed by atoms with van der Waals surface area (Å²) in [6.07, 6.45) is 1.05. The molecule has 0 aliphatic heterocycles. The summed E-state index contributed by atoms with van der Waals surface area (Å²) < 4.78 is 12.9. The van der Waals surface area contributed by atoms with E-state index in [0.29, 0.717) is 11.1 Å². The van der Waals surface area contributed by atoms with Crippen molar-refractivity contribution in [3.05, 3.63) is 29.3 Å². The van der Waals surface area contributed by atoms with Gasteiger partial charge in [-0.15, -0.1) is 0 Å². The lowest BCUT2D eigenvalue weighted by Crippen LogP contribution is -1.93. The molecule has 1 aromatic rings. The normalized spacial score (nSPS) is 9.00. The van der Waals surface area contributed by atoms with E-state index in [1.807, 2.05) is 0 Å². The van der Waals surface area contributed by atoms with Crippen molar-refractivity contribution in [2.24, 2.45) is 0 Å². The lowest BCUT2D eigenvalue weighted by molar-refractivity contribution is -0.135. The molecule has 1 aromatic heterocycles. The van der Waals surface area contributed by atoms with Crippen LogP contribution < -0.4 is 0 Å². The SMILES string of the molecule is Cc1c(C#CCC(=O)O)ccnc1F. The first-order valence-corrected chi connectivity index (χ1v) is 3.93. The first-order chi connectivity index (χ1) is 6.61. The van der Waals surface area contributed by atoms with Crippen LogP contribution in [0.5, 0.6) is 0 Å². The number of aliphatic carboxylic acids is 1. The van der Waals surface area contributed by atoms with Gasteiger partial charge in [-0.1, -0.05) is 11.8 Å². The molecule has 0 unspecified atom stereocenters. The number of aromatic nitrogens is 1. The van der Waals surface area contributed by atoms with E-state index in [0.717, 1.165) is 0 Å². The second kappa shape index (κ2) is 4.38. The molecule has 0 fully saturated rings. The summed E-state index contributed by atoms with van der Waals surface area (Å²) in [5.74, 6) is 3.43. The Kier molecular flexibility index (Phi) is 3.19. The molecule has 0 spiro atoms. The van der Waals surface area contributed by atoms with Crippen molar-refractivity contribution >= 4 is 5.97 Å². The molecule has 1 N–H and O–H groups in total. The Morgan fingerprint density at radius 2 is 2.43 bits per heavy atom. The third kappa shape index (κ3) is 2.56. The highest BCUT2D eigenvalue weighted by Crippen LogP contribution is 2.07. The van der Waals surface area contributed by atoms with Crippen LogP contribution in [-0.4, -0.2) is 16.1 Å². The van der Waals surface area contributed by atoms with E-state index in [1.165, 1.54) is 6.20 Å². The van der Waals surface area contributed by atoms with Crippen LogP contribution in [0.4, 0.5) is 4.39 Å². The van der Waals surface area contributed by atoms with E-state index in [1.54, 1.807) is 13.0 Å². The van der Waals surface area contributed by atoms with E-state index >= 15 is 0 Å². The summed E-state index contributed by atoms with van der Waals surface area (Å²) in [6.45, 7) is 1.55. The van der Waals surface area contributed by atoms with E-state index in [2.05, 4.69) is 16.8 Å². The van der Waals surface area contributed by atoms with Gasteiger partial charge in [-0.05, 0) is 13.0 Å². The van der Waals surface area contributed by atoms with Gasteiger partial charge in [0.05, 0.1) is 0 Å². The lowest BCUT2D eigenvalue weighted by atomic mass is 10.1. The summed E-state index contributed by atoms with van der Waals surface area (Å²) in [5.41, 5.74) is 0.809. The van der Waals surface area contributed by atoms with Crippen LogP contribution in [0.25, 0.3) is 0 Å². The Balaban J connectivity index is 2.90. The Hall–Kier alpha value is -1.89. The maximum Gasteiger partial charge on any atom is 0.315 e. The zero-order valence-electron chi connectivity index (χ0n) is 7.54. The largest absolute Gasteiger partial charge is 0.481 e. The quantitative estimate of drug-likeness (QED) is 0.541. The minimum atomic E-state index is -0.996. The molecule has 0 radical (unpaired) electrons. The summed E-state index contributed by atoms with van der Waals surface area (Å²) in [4.78, 5) is 13.6. The Morgan fingerprint density at radius 1 is 1.71 bits per heavy atom. The van der Waals surface area contributed by atoms with Crippen molar-refractivity contribution in [3.63, 3.8) is 0 Å². The molecule has 0 saturated carbocycles. The third-order valence-electron chi connectivity index (χ3n) is 1.61. The van der Waals surface area contributed by atoms with Gasteiger partial charge in [-0.2, -0.15) is 4.39 Å². The third-order valence-corrected chi connectivity index (χ3v) is 1.61. The van der Waals surface area contributed by atoms with Gasteiger partial charge in [-0.3, -0.25) is 4.79 Å². The fourth-order valence-electron chi connectivity index (χ4n) is 0.861. The molecule has 4 heteroatoms. The average Bonchev–Trinajstić information content (AvgIpc) is 2.12. The van der Waals surface area contributed by atoms with E-state index in [-0.39, 0.29) is 6.42 Å². The number of hydrogen-bond donors (Lipinski definition) is 1. The topological polar surface area (TPSA) is 50.2 Å². The fourth-order valence-corrected chi connectivity index (χ4v) is 0.861. The molecule has 14 heavy (non-hydrogen) atoms. The van der Waals surface area contributed by atoms with Gasteiger partial charge >= 0.3 is 5.97 Å². The molecule has 0 aliphatic carbocycles. The van der Waals surface area contributed by atoms with E-state index in [4.69, 9.17) is 5.11 Å². The number of pyridine rings is 1. The molecule has 1 rings (SSSR count). The molecule has 0 aliphatic rings. The molecule has 0 atom stereocenters. The molecule has 3 nitrogen and oxygen atoms in total. The Labute approximate surface area is 80.6 Å². The van der Waals surface area contributed by atoms with Crippen molar-refractivity contribution in [2.45, 2.75) is 13.3 Å². The smallest absolute Gasteiger partial charge is 0.315 e. The van der Waals surface area contributed by atoms with Crippen LogP contribution in [0.2, 0.25) is 0 Å². The zero-order chi connectivity index (χ0) is 10.6. The number of halogens is 1. The van der Waals surface area contributed by atoms with Crippen molar-refractivity contribution in [2.75, 3.05) is 0 Å². The highest BCUT2D eigenvalue weighted by atomic mass is 19.1. The predicted molar refractivity (Wildman–Crippen MR) is 48.1 cm³/mol. The monoisotopic (exact) mass is 193 g/mol. The highest BCUT2D eigenvalue weighted by Gasteiger charge is 2.01. The fraction of sp³-hybridized carbons (Fsp3) is 0.200. The highest BCUT2D eigenvalue weighted by molar-refractivity contribution is 5.70. The van der Waals surface area contributed by atoms with Crippen LogP contribution in [0.15, 0.2) is 12.3 Å². The van der Waals surface area contributed by atoms with Crippen LogP contribution >= 0.6 is 0 Å². The van der Waals surface area contributed by atoms with Gasteiger partial charge in [0.15, 0.2) is 0 Å². The minimum absolute atomic E-state index is 0.247. The maximum atomic E-state index is 12.9. The second-order valence-corrected chi connectivity index (χ2v) is 2.65. The molecule has 0 bridgehead atoms. The van der Waals surface area contributed by atoms with Crippen molar-refractivity contribution in [3.8, 4) is 11.8 Å². The number of carbonyl (C=O) groups is 1. The summed E-state index contributed by atoms with van der Waals surface area (Å²) in [7, 11) is 0. The van der Waals surface area contributed by atoms with Crippen LogP contribution in [-0.2, 0) is 4.79 Å². The number of carboxylic acid groups (broad SMARTS) is 1. The molecular weight excluding hydrogens is 185 g/mol. The number of rotatable bonds is 1. The van der Waals surface area contributed by atoms with Gasteiger partial charge < -0.3 is 5.11 Å². The van der Waals surface area contributed by atoms with Gasteiger partial charge in [0.2, 0.25) is 5.95 Å². The summed E-state index contributed by atoms with van der Waals surface area (Å²) in [5, 5.41) is 8.33. The standard InChI is InChI=1S/C10H8FNO2/c1-7-8(3-2-4-9(13)14)5-6-12-10(7)11/h5-6H,4H2,1H3,(H,13,14). The van der Waals surface area contributed by atoms with Crippen molar-refractivity contribution in [1.82, 2.24) is 4.98 Å². The number of hydrogen-bond acceptors (Lipinski definition) is 2. The average molecular weight is 193 g/mol. The number of nitrogens with zero attached hydrogens (tertiary/aromatic N) is 1. The Morgan fingerprint density at radius 3 is 3.07 bits per heavy atom. The Bertz CT molecular complexity index is 418. The van der Waals surface area contributed by atoms with Gasteiger partial charge in [0.1, 0.15) is 6.42 Å².